The van der Waals surface area contributed by atoms with Crippen LogP contribution in [0.5, 0.6) is 0 Å². The lowest BCUT2D eigenvalue weighted by Crippen LogP contribution is -2.45. The topological polar surface area (TPSA) is 54.8 Å². The molecule has 0 spiro atoms. The van der Waals surface area contributed by atoms with Crippen LogP contribution in [-0.4, -0.2) is 59.5 Å². The minimum absolute atomic E-state index is 0.0386. The SMILES string of the molecule is CCCC(=O)N(CC(=O)N(CCOC)Cc1cccn1C)CC(C)C. The highest BCUT2D eigenvalue weighted by Gasteiger charge is 2.22. The fourth-order valence-corrected chi connectivity index (χ4v) is 2.68. The van der Waals surface area contributed by atoms with Crippen LogP contribution >= 0.6 is 0 Å². The van der Waals surface area contributed by atoms with Gasteiger partial charge in [0.25, 0.3) is 0 Å². The molecule has 6 nitrogen and oxygen atoms in total. The van der Waals surface area contributed by atoms with Crippen LogP contribution in [0.3, 0.4) is 0 Å². The number of carbonyl (C=O) groups excluding carboxylic acids is 2. The van der Waals surface area contributed by atoms with Gasteiger partial charge in [-0.1, -0.05) is 20.8 Å². The number of rotatable bonds is 11. The second-order valence-electron chi connectivity index (χ2n) is 6.84. The quantitative estimate of drug-likeness (QED) is 0.615. The van der Waals surface area contributed by atoms with Crippen molar-refractivity contribution >= 4 is 11.8 Å². The lowest BCUT2D eigenvalue weighted by Gasteiger charge is -2.29. The molecule has 0 aliphatic rings. The van der Waals surface area contributed by atoms with E-state index in [1.807, 2.05) is 36.9 Å². The molecule has 6 heteroatoms. The summed E-state index contributed by atoms with van der Waals surface area (Å²) >= 11 is 0. The van der Waals surface area contributed by atoms with Crippen molar-refractivity contribution < 1.29 is 14.3 Å². The number of aromatic nitrogens is 1. The summed E-state index contributed by atoms with van der Waals surface area (Å²) in [7, 11) is 3.59. The molecular weight excluding hydrogens is 318 g/mol. The standard InChI is InChI=1S/C19H33N3O3/c1-6-8-18(23)22(13-16(2)3)15-19(24)21(11-12-25-5)14-17-9-7-10-20(17)4/h7,9-10,16H,6,8,11-15H2,1-5H3. The molecule has 0 radical (unpaired) electrons. The van der Waals surface area contributed by atoms with Gasteiger partial charge in [-0.2, -0.15) is 0 Å². The van der Waals surface area contributed by atoms with Gasteiger partial charge in [-0.25, -0.2) is 0 Å². The molecule has 142 valence electrons. The third-order valence-electron chi connectivity index (χ3n) is 4.05. The monoisotopic (exact) mass is 351 g/mol. The Bertz CT molecular complexity index is 540. The van der Waals surface area contributed by atoms with Crippen LogP contribution in [0.1, 0.15) is 39.3 Å². The number of hydrogen-bond donors (Lipinski definition) is 0. The average Bonchev–Trinajstić information content (AvgIpc) is 2.95. The summed E-state index contributed by atoms with van der Waals surface area (Å²) in [5.74, 6) is 0.340. The molecule has 25 heavy (non-hydrogen) atoms. The molecule has 0 bridgehead atoms. The van der Waals surface area contributed by atoms with Gasteiger partial charge < -0.3 is 19.1 Å². The van der Waals surface area contributed by atoms with E-state index in [4.69, 9.17) is 4.74 Å². The molecule has 0 aromatic carbocycles. The van der Waals surface area contributed by atoms with Crippen molar-refractivity contribution in [2.75, 3.05) is 33.4 Å². The Kier molecular flexibility index (Phi) is 9.27. The number of nitrogens with zero attached hydrogens (tertiary/aromatic N) is 3. The zero-order valence-corrected chi connectivity index (χ0v) is 16.3. The molecule has 0 aliphatic carbocycles. The second kappa shape index (κ2) is 10.9. The lowest BCUT2D eigenvalue weighted by molar-refractivity contribution is -0.141. The van der Waals surface area contributed by atoms with Gasteiger partial charge in [0.2, 0.25) is 11.8 Å². The summed E-state index contributed by atoms with van der Waals surface area (Å²) in [5.41, 5.74) is 1.06. The largest absolute Gasteiger partial charge is 0.383 e. The van der Waals surface area contributed by atoms with E-state index >= 15 is 0 Å². The second-order valence-corrected chi connectivity index (χ2v) is 6.84. The highest BCUT2D eigenvalue weighted by atomic mass is 16.5. The third-order valence-corrected chi connectivity index (χ3v) is 4.05. The number of hydrogen-bond acceptors (Lipinski definition) is 3. The first-order valence-corrected chi connectivity index (χ1v) is 9.03. The Hall–Kier alpha value is -1.82. The van der Waals surface area contributed by atoms with Crippen molar-refractivity contribution in [3.05, 3.63) is 24.0 Å². The zero-order chi connectivity index (χ0) is 18.8. The zero-order valence-electron chi connectivity index (χ0n) is 16.3. The van der Waals surface area contributed by atoms with Crippen LogP contribution in [0.25, 0.3) is 0 Å². The Labute approximate surface area is 151 Å². The molecule has 0 fully saturated rings. The van der Waals surface area contributed by atoms with Gasteiger partial charge in [-0.05, 0) is 24.5 Å². The Morgan fingerprint density at radius 3 is 2.48 bits per heavy atom. The van der Waals surface area contributed by atoms with Crippen LogP contribution in [0.4, 0.5) is 0 Å². The highest BCUT2D eigenvalue weighted by Crippen LogP contribution is 2.09. The van der Waals surface area contributed by atoms with Gasteiger partial charge in [0, 0.05) is 45.6 Å². The molecule has 1 heterocycles. The van der Waals surface area contributed by atoms with Crippen molar-refractivity contribution in [2.45, 2.75) is 40.2 Å². The molecule has 1 aromatic heterocycles. The number of amides is 2. The summed E-state index contributed by atoms with van der Waals surface area (Å²) < 4.78 is 7.15. The summed E-state index contributed by atoms with van der Waals surface area (Å²) in [5, 5.41) is 0. The van der Waals surface area contributed by atoms with E-state index in [1.165, 1.54) is 0 Å². The van der Waals surface area contributed by atoms with Gasteiger partial charge >= 0.3 is 0 Å². The Morgan fingerprint density at radius 2 is 1.96 bits per heavy atom. The molecule has 0 unspecified atom stereocenters. The van der Waals surface area contributed by atoms with Crippen molar-refractivity contribution in [1.82, 2.24) is 14.4 Å². The van der Waals surface area contributed by atoms with E-state index in [-0.39, 0.29) is 18.4 Å². The van der Waals surface area contributed by atoms with Crippen LogP contribution in [0.2, 0.25) is 0 Å². The fraction of sp³-hybridized carbons (Fsp3) is 0.684. The van der Waals surface area contributed by atoms with Gasteiger partial charge in [0.05, 0.1) is 19.7 Å². The number of carbonyl (C=O) groups is 2. The van der Waals surface area contributed by atoms with Crippen molar-refractivity contribution in [3.8, 4) is 0 Å². The minimum Gasteiger partial charge on any atom is -0.383 e. The number of ether oxygens (including phenoxy) is 1. The first-order chi connectivity index (χ1) is 11.9. The van der Waals surface area contributed by atoms with Crippen molar-refractivity contribution in [1.29, 1.82) is 0 Å². The van der Waals surface area contributed by atoms with Crippen LogP contribution < -0.4 is 0 Å². The predicted octanol–water partition coefficient (Wildman–Crippen LogP) is 2.28. The summed E-state index contributed by atoms with van der Waals surface area (Å²) in [6, 6.07) is 3.96. The maximum atomic E-state index is 12.9. The molecule has 0 N–H and O–H groups in total. The molecular formula is C19H33N3O3. The van der Waals surface area contributed by atoms with Gasteiger partial charge in [-0.15, -0.1) is 0 Å². The van der Waals surface area contributed by atoms with Gasteiger partial charge in [0.1, 0.15) is 0 Å². The van der Waals surface area contributed by atoms with Gasteiger partial charge in [0.15, 0.2) is 0 Å². The van der Waals surface area contributed by atoms with E-state index in [0.29, 0.717) is 38.6 Å². The minimum atomic E-state index is -0.0386. The summed E-state index contributed by atoms with van der Waals surface area (Å²) in [6.45, 7) is 8.34. The normalized spacial score (nSPS) is 11.0. The Balaban J connectivity index is 2.82. The summed E-state index contributed by atoms with van der Waals surface area (Å²) in [6.07, 6.45) is 3.23. The lowest BCUT2D eigenvalue weighted by atomic mass is 10.2. The van der Waals surface area contributed by atoms with E-state index in [0.717, 1.165) is 12.1 Å². The average molecular weight is 351 g/mol. The van der Waals surface area contributed by atoms with E-state index in [2.05, 4.69) is 13.8 Å². The number of aryl methyl sites for hydroxylation is 1. The molecule has 2 amide bonds. The molecule has 0 saturated heterocycles. The first kappa shape index (κ1) is 21.2. The first-order valence-electron chi connectivity index (χ1n) is 9.03. The molecule has 1 aromatic rings. The van der Waals surface area contributed by atoms with Crippen LogP contribution in [0, 0.1) is 5.92 Å². The van der Waals surface area contributed by atoms with Crippen molar-refractivity contribution in [2.24, 2.45) is 13.0 Å². The van der Waals surface area contributed by atoms with Crippen LogP contribution in [-0.2, 0) is 27.9 Å². The Morgan fingerprint density at radius 1 is 1.24 bits per heavy atom. The van der Waals surface area contributed by atoms with Crippen LogP contribution in [0.15, 0.2) is 18.3 Å². The molecule has 0 aliphatic heterocycles. The molecule has 0 atom stereocenters. The van der Waals surface area contributed by atoms with Gasteiger partial charge in [-0.3, -0.25) is 9.59 Å². The van der Waals surface area contributed by atoms with E-state index < -0.39 is 0 Å². The molecule has 1 rings (SSSR count). The van der Waals surface area contributed by atoms with E-state index in [9.17, 15) is 9.59 Å². The smallest absolute Gasteiger partial charge is 0.242 e. The third kappa shape index (κ3) is 7.30. The maximum Gasteiger partial charge on any atom is 0.242 e. The fourth-order valence-electron chi connectivity index (χ4n) is 2.68. The van der Waals surface area contributed by atoms with E-state index in [1.54, 1.807) is 16.9 Å². The highest BCUT2D eigenvalue weighted by molar-refractivity contribution is 5.84. The molecule has 0 saturated carbocycles. The predicted molar refractivity (Wildman–Crippen MR) is 99.0 cm³/mol. The number of methoxy groups -OCH3 is 1. The van der Waals surface area contributed by atoms with Crippen molar-refractivity contribution in [3.63, 3.8) is 0 Å². The summed E-state index contributed by atoms with van der Waals surface area (Å²) in [4.78, 5) is 28.7. The maximum absolute atomic E-state index is 12.9.